The largest absolute Gasteiger partial charge is 0.457 e. The van der Waals surface area contributed by atoms with Crippen molar-refractivity contribution in [3.8, 4) is 17.2 Å². The van der Waals surface area contributed by atoms with Gasteiger partial charge in [0, 0.05) is 31.4 Å². The molecule has 0 saturated carbocycles. The molecule has 0 radical (unpaired) electrons. The number of ether oxygens (including phenoxy) is 4. The van der Waals surface area contributed by atoms with Gasteiger partial charge in [-0.2, -0.15) is 0 Å². The molecule has 2 aromatic carbocycles. The Bertz CT molecular complexity index is 1240. The number of non-ortho nitro benzene ring substituents is 1. The van der Waals surface area contributed by atoms with Crippen LogP contribution in [0.1, 0.15) is 133 Å². The first-order valence-corrected chi connectivity index (χ1v) is 16.4. The summed E-state index contributed by atoms with van der Waals surface area (Å²) in [7, 11) is 0. The summed E-state index contributed by atoms with van der Waals surface area (Å²) >= 11 is 0. The van der Waals surface area contributed by atoms with Crippen LogP contribution in [0.5, 0.6) is 17.2 Å². The monoisotopic (exact) mass is 641 g/mol. The van der Waals surface area contributed by atoms with Gasteiger partial charge in [-0.05, 0) is 49.1 Å². The Balaban J connectivity index is 2.40. The Morgan fingerprint density at radius 3 is 1.48 bits per heavy atom. The van der Waals surface area contributed by atoms with E-state index in [1.54, 1.807) is 0 Å². The van der Waals surface area contributed by atoms with Crippen molar-refractivity contribution in [1.29, 1.82) is 0 Å². The molecule has 0 N–H and O–H groups in total. The van der Waals surface area contributed by atoms with Crippen LogP contribution in [0.4, 0.5) is 5.69 Å². The van der Waals surface area contributed by atoms with Gasteiger partial charge in [0.05, 0.1) is 10.5 Å². The molecule has 0 amide bonds. The number of carbonyl (C=O) groups is 4. The molecule has 0 aliphatic carbocycles. The number of nitro benzene ring substituents is 1. The Kier molecular flexibility index (Phi) is 17.7. The van der Waals surface area contributed by atoms with Crippen molar-refractivity contribution in [1.82, 2.24) is 0 Å². The summed E-state index contributed by atoms with van der Waals surface area (Å²) in [5, 5.41) is 10.9. The summed E-state index contributed by atoms with van der Waals surface area (Å²) in [5.41, 5.74) is 0.296. The lowest BCUT2D eigenvalue weighted by molar-refractivity contribution is -0.384. The van der Waals surface area contributed by atoms with Crippen LogP contribution in [-0.4, -0.2) is 28.8 Å². The van der Waals surface area contributed by atoms with Crippen molar-refractivity contribution in [2.45, 2.75) is 124 Å². The minimum atomic E-state index is -0.837. The maximum Gasteiger partial charge on any atom is 0.338 e. The molecule has 0 aliphatic rings. The number of nitro groups is 1. The average molecular weight is 642 g/mol. The summed E-state index contributed by atoms with van der Waals surface area (Å²) in [6.07, 6.45) is 10.5. The molecule has 2 rings (SSSR count). The van der Waals surface area contributed by atoms with Crippen LogP contribution >= 0.6 is 0 Å². The van der Waals surface area contributed by atoms with Crippen LogP contribution in [0.2, 0.25) is 0 Å². The molecule has 11 heteroatoms. The fourth-order valence-corrected chi connectivity index (χ4v) is 4.49. The van der Waals surface area contributed by atoms with E-state index in [0.29, 0.717) is 24.8 Å². The van der Waals surface area contributed by atoms with Crippen LogP contribution in [0.15, 0.2) is 36.4 Å². The Hall–Kier alpha value is -4.28. The van der Waals surface area contributed by atoms with Gasteiger partial charge in [0.2, 0.25) is 5.75 Å². The first-order chi connectivity index (χ1) is 22.2. The quantitative estimate of drug-likeness (QED) is 0.0402. The molecule has 0 bridgehead atoms. The number of esters is 4. The molecule has 0 fully saturated rings. The summed E-state index contributed by atoms with van der Waals surface area (Å²) in [6, 6.07) is 7.97. The predicted molar refractivity (Wildman–Crippen MR) is 172 cm³/mol. The number of nitrogens with zero attached hydrogens (tertiary/aromatic N) is 1. The fraction of sp³-hybridized carbons (Fsp3) is 0.543. The molecule has 11 nitrogen and oxygen atoms in total. The van der Waals surface area contributed by atoms with E-state index in [-0.39, 0.29) is 54.4 Å². The highest BCUT2D eigenvalue weighted by Crippen LogP contribution is 2.40. The lowest BCUT2D eigenvalue weighted by Crippen LogP contribution is -2.16. The lowest BCUT2D eigenvalue weighted by Gasteiger charge is -2.16. The van der Waals surface area contributed by atoms with Gasteiger partial charge in [-0.25, -0.2) is 4.79 Å². The van der Waals surface area contributed by atoms with Crippen LogP contribution in [0.25, 0.3) is 0 Å². The molecule has 0 heterocycles. The maximum atomic E-state index is 13.2. The third-order valence-electron chi connectivity index (χ3n) is 7.14. The number of rotatable bonds is 22. The van der Waals surface area contributed by atoms with Crippen LogP contribution in [-0.2, 0) is 25.7 Å². The number of unbranched alkanes of at least 4 members (excludes halogenated alkanes) is 9. The third kappa shape index (κ3) is 14.2. The van der Waals surface area contributed by atoms with E-state index in [9.17, 15) is 29.3 Å². The maximum absolute atomic E-state index is 13.2. The second-order valence-corrected chi connectivity index (χ2v) is 11.2. The van der Waals surface area contributed by atoms with E-state index in [0.717, 1.165) is 57.8 Å². The van der Waals surface area contributed by atoms with Gasteiger partial charge >= 0.3 is 23.9 Å². The molecule has 0 aromatic heterocycles. The molecule has 0 unspecified atom stereocenters. The molecular formula is C35H47NO10. The highest BCUT2D eigenvalue weighted by atomic mass is 16.6. The topological polar surface area (TPSA) is 148 Å². The average Bonchev–Trinajstić information content (AvgIpc) is 3.03. The van der Waals surface area contributed by atoms with E-state index in [1.807, 2.05) is 0 Å². The normalized spacial score (nSPS) is 10.7. The van der Waals surface area contributed by atoms with Crippen molar-refractivity contribution in [2.75, 3.05) is 0 Å². The summed E-state index contributed by atoms with van der Waals surface area (Å²) in [6.45, 7) is 5.97. The zero-order valence-corrected chi connectivity index (χ0v) is 27.3. The zero-order valence-electron chi connectivity index (χ0n) is 27.3. The number of hydrogen-bond donors (Lipinski definition) is 0. The first-order valence-electron chi connectivity index (χ1n) is 16.4. The van der Waals surface area contributed by atoms with Crippen molar-refractivity contribution in [3.63, 3.8) is 0 Å². The highest BCUT2D eigenvalue weighted by molar-refractivity contribution is 5.92. The van der Waals surface area contributed by atoms with Crippen LogP contribution in [0, 0.1) is 10.1 Å². The standard InChI is InChI=1S/C35H47NO10/c1-4-7-10-13-16-31(37)44-29-23-27(35(40)43-25-26-19-21-28(22-20-26)36(41)42)24-30(45-32(38)17-14-11-8-5-2)34(29)46-33(39)18-15-12-9-6-3/h19-24H,4-18,25H2,1-3H3. The number of carbonyl (C=O) groups excluding carboxylic acids is 4. The Labute approximate surface area is 271 Å². The molecular weight excluding hydrogens is 594 g/mol. The summed E-state index contributed by atoms with van der Waals surface area (Å²) in [5.74, 6) is -3.34. The number of hydrogen-bond acceptors (Lipinski definition) is 10. The van der Waals surface area contributed by atoms with Crippen LogP contribution < -0.4 is 14.2 Å². The Morgan fingerprint density at radius 2 is 1.07 bits per heavy atom. The SMILES string of the molecule is CCCCCCC(=O)Oc1cc(C(=O)OCc2ccc([N+](=O)[O-])cc2)cc(OC(=O)CCCCCC)c1OC(=O)CCCCCC. The van der Waals surface area contributed by atoms with Gasteiger partial charge in [0.25, 0.3) is 5.69 Å². The fourth-order valence-electron chi connectivity index (χ4n) is 4.49. The second kappa shape index (κ2) is 21.5. The zero-order chi connectivity index (χ0) is 33.7. The summed E-state index contributed by atoms with van der Waals surface area (Å²) in [4.78, 5) is 62.1. The van der Waals surface area contributed by atoms with E-state index in [2.05, 4.69) is 20.8 Å². The molecule has 0 aliphatic heterocycles. The molecule has 46 heavy (non-hydrogen) atoms. The molecule has 0 spiro atoms. The minimum Gasteiger partial charge on any atom is -0.457 e. The molecule has 252 valence electrons. The van der Waals surface area contributed by atoms with Gasteiger partial charge < -0.3 is 18.9 Å². The highest BCUT2D eigenvalue weighted by Gasteiger charge is 2.25. The van der Waals surface area contributed by atoms with E-state index < -0.39 is 28.8 Å². The third-order valence-corrected chi connectivity index (χ3v) is 7.14. The summed E-state index contributed by atoms with van der Waals surface area (Å²) < 4.78 is 22.3. The van der Waals surface area contributed by atoms with Gasteiger partial charge in [-0.1, -0.05) is 78.6 Å². The Morgan fingerprint density at radius 1 is 0.630 bits per heavy atom. The smallest absolute Gasteiger partial charge is 0.338 e. The molecule has 0 saturated heterocycles. The van der Waals surface area contributed by atoms with Crippen molar-refractivity contribution < 1.29 is 43.0 Å². The second-order valence-electron chi connectivity index (χ2n) is 11.2. The van der Waals surface area contributed by atoms with Crippen molar-refractivity contribution >= 4 is 29.6 Å². The number of benzene rings is 2. The van der Waals surface area contributed by atoms with Crippen LogP contribution in [0.3, 0.4) is 0 Å². The van der Waals surface area contributed by atoms with Gasteiger partial charge in [0.1, 0.15) is 6.61 Å². The lowest BCUT2D eigenvalue weighted by atomic mass is 10.1. The van der Waals surface area contributed by atoms with Gasteiger partial charge in [0.15, 0.2) is 11.5 Å². The van der Waals surface area contributed by atoms with Gasteiger partial charge in [-0.3, -0.25) is 24.5 Å². The van der Waals surface area contributed by atoms with E-state index in [1.165, 1.54) is 36.4 Å². The predicted octanol–water partition coefficient (Wildman–Crippen LogP) is 8.58. The minimum absolute atomic E-state index is 0.103. The molecule has 0 atom stereocenters. The van der Waals surface area contributed by atoms with E-state index >= 15 is 0 Å². The van der Waals surface area contributed by atoms with Gasteiger partial charge in [-0.15, -0.1) is 0 Å². The van der Waals surface area contributed by atoms with Crippen molar-refractivity contribution in [2.24, 2.45) is 0 Å². The van der Waals surface area contributed by atoms with E-state index in [4.69, 9.17) is 18.9 Å². The first kappa shape index (κ1) is 37.9. The molecule has 2 aromatic rings. The van der Waals surface area contributed by atoms with Crippen molar-refractivity contribution in [3.05, 3.63) is 57.6 Å².